The standard InChI is InChI=1S/C40H46N4O2/c1-4-24-20-41-16-14-39-30-11-7-9-13-32(30)44-36(39)28(26(24)18-33(39)41)22-46-38(44)35-27-19-34-40(15-17-42(34)21-25(27)5-2)29-10-6-8-12-31(29)43(23(3)45)37(35)40/h4-13,26-28,33-38H,14-22H2,1-3H3/t26-,27-,28-,33-,34+,35-,36+,37+,38+,39-,40-/m0/s1. The summed E-state index contributed by atoms with van der Waals surface area (Å²) in [5, 5.41) is 0. The van der Waals surface area contributed by atoms with E-state index in [1.165, 1.54) is 30.6 Å². The van der Waals surface area contributed by atoms with Gasteiger partial charge >= 0.3 is 0 Å². The number of anilines is 2. The molecule has 238 valence electrons. The second-order valence-electron chi connectivity index (χ2n) is 16.2. The number of hydrogen-bond acceptors (Lipinski definition) is 5. The number of rotatable bonds is 1. The van der Waals surface area contributed by atoms with Crippen molar-refractivity contribution in [2.75, 3.05) is 42.6 Å². The van der Waals surface area contributed by atoms with Crippen molar-refractivity contribution >= 4 is 17.3 Å². The zero-order valence-corrected chi connectivity index (χ0v) is 27.4. The number of hydrogen-bond donors (Lipinski definition) is 0. The van der Waals surface area contributed by atoms with Gasteiger partial charge in [0.1, 0.15) is 6.23 Å². The maximum atomic E-state index is 14.0. The van der Waals surface area contributed by atoms with Crippen LogP contribution < -0.4 is 9.80 Å². The fourth-order valence-corrected chi connectivity index (χ4v) is 13.9. The van der Waals surface area contributed by atoms with Gasteiger partial charge in [-0.15, -0.1) is 0 Å². The zero-order valence-electron chi connectivity index (χ0n) is 27.4. The van der Waals surface area contributed by atoms with Gasteiger partial charge in [-0.25, -0.2) is 0 Å². The molecule has 0 radical (unpaired) electrons. The second kappa shape index (κ2) is 8.94. The van der Waals surface area contributed by atoms with E-state index in [0.29, 0.717) is 35.9 Å². The molecule has 0 unspecified atom stereocenters. The highest BCUT2D eigenvalue weighted by Crippen LogP contribution is 2.68. The predicted octanol–water partition coefficient (Wildman–Crippen LogP) is 5.48. The van der Waals surface area contributed by atoms with E-state index in [9.17, 15) is 4.79 Å². The summed E-state index contributed by atoms with van der Waals surface area (Å²) in [6, 6.07) is 20.0. The highest BCUT2D eigenvalue weighted by Gasteiger charge is 2.73. The largest absolute Gasteiger partial charge is 0.358 e. The number of ether oxygens (including phenoxy) is 1. The monoisotopic (exact) mass is 614 g/mol. The maximum Gasteiger partial charge on any atom is 0.224 e. The number of piperidine rings is 2. The van der Waals surface area contributed by atoms with Crippen LogP contribution >= 0.6 is 0 Å². The summed E-state index contributed by atoms with van der Waals surface area (Å²) in [7, 11) is 0. The van der Waals surface area contributed by atoms with E-state index < -0.39 is 0 Å². The number of benzene rings is 2. The highest BCUT2D eigenvalue weighted by atomic mass is 16.5. The average Bonchev–Trinajstić information content (AvgIpc) is 3.83. The Labute approximate surface area is 273 Å². The predicted molar refractivity (Wildman–Crippen MR) is 180 cm³/mol. The smallest absolute Gasteiger partial charge is 0.224 e. The van der Waals surface area contributed by atoms with Crippen LogP contribution in [0.5, 0.6) is 0 Å². The van der Waals surface area contributed by atoms with E-state index in [0.717, 1.165) is 44.8 Å². The Morgan fingerprint density at radius 2 is 1.39 bits per heavy atom. The molecule has 0 aromatic heterocycles. The van der Waals surface area contributed by atoms with Crippen molar-refractivity contribution in [1.29, 1.82) is 0 Å². The molecule has 2 aromatic carbocycles. The molecule has 5 saturated heterocycles. The number of allylic oxidation sites excluding steroid dienone is 2. The second-order valence-corrected chi connectivity index (χ2v) is 16.2. The number of carbonyl (C=O) groups excluding carboxylic acids is 1. The van der Waals surface area contributed by atoms with Gasteiger partial charge in [0.15, 0.2) is 0 Å². The van der Waals surface area contributed by atoms with Gasteiger partial charge in [-0.3, -0.25) is 14.6 Å². The fourth-order valence-electron chi connectivity index (χ4n) is 13.9. The van der Waals surface area contributed by atoms with Crippen LogP contribution in [0, 0.1) is 23.7 Å². The van der Waals surface area contributed by atoms with Crippen molar-refractivity contribution in [3.8, 4) is 0 Å². The summed E-state index contributed by atoms with van der Waals surface area (Å²) in [5.41, 5.74) is 8.89. The summed E-state index contributed by atoms with van der Waals surface area (Å²) < 4.78 is 7.49. The minimum Gasteiger partial charge on any atom is -0.358 e. The van der Waals surface area contributed by atoms with Crippen molar-refractivity contribution < 1.29 is 9.53 Å². The van der Waals surface area contributed by atoms with Gasteiger partial charge in [-0.05, 0) is 87.7 Å². The molecule has 7 fully saturated rings. The summed E-state index contributed by atoms with van der Waals surface area (Å²) in [5.74, 6) is 1.87. The Morgan fingerprint density at radius 3 is 2.07 bits per heavy atom. The molecule has 2 spiro atoms. The van der Waals surface area contributed by atoms with Gasteiger partial charge in [-0.2, -0.15) is 0 Å². The van der Waals surface area contributed by atoms with Crippen molar-refractivity contribution in [1.82, 2.24) is 9.80 Å². The van der Waals surface area contributed by atoms with Gasteiger partial charge in [0, 0.05) is 72.2 Å². The van der Waals surface area contributed by atoms with Crippen LogP contribution in [0.3, 0.4) is 0 Å². The van der Waals surface area contributed by atoms with E-state index >= 15 is 0 Å². The van der Waals surface area contributed by atoms with E-state index in [4.69, 9.17) is 4.74 Å². The van der Waals surface area contributed by atoms with E-state index in [1.54, 1.807) is 16.7 Å². The van der Waals surface area contributed by atoms with Crippen LogP contribution in [0.4, 0.5) is 11.4 Å². The first-order chi connectivity index (χ1) is 22.5. The third kappa shape index (κ3) is 2.85. The van der Waals surface area contributed by atoms with E-state index in [1.807, 2.05) is 6.92 Å². The molecule has 7 aliphatic heterocycles. The number of fused-ring (bicyclic) bond motifs is 6. The Morgan fingerprint density at radius 1 is 0.804 bits per heavy atom. The first-order valence-corrected chi connectivity index (χ1v) is 18.2. The molecule has 11 rings (SSSR count). The lowest BCUT2D eigenvalue weighted by atomic mass is 9.53. The van der Waals surface area contributed by atoms with Crippen LogP contribution in [0.25, 0.3) is 0 Å². The van der Waals surface area contributed by atoms with Crippen LogP contribution in [-0.2, 0) is 20.4 Å². The number of amides is 1. The van der Waals surface area contributed by atoms with Crippen LogP contribution in [-0.4, -0.2) is 78.9 Å². The molecule has 46 heavy (non-hydrogen) atoms. The molecule has 0 N–H and O–H groups in total. The average molecular weight is 615 g/mol. The lowest BCUT2D eigenvalue weighted by Crippen LogP contribution is -2.73. The van der Waals surface area contributed by atoms with Gasteiger partial charge < -0.3 is 14.5 Å². The minimum absolute atomic E-state index is 0.0504. The first kappa shape index (κ1) is 27.1. The number of nitrogens with zero attached hydrogens (tertiary/aromatic N) is 4. The van der Waals surface area contributed by atoms with Crippen molar-refractivity contribution in [2.24, 2.45) is 23.7 Å². The Bertz CT molecular complexity index is 1750. The van der Waals surface area contributed by atoms with E-state index in [2.05, 4.69) is 94.1 Å². The summed E-state index contributed by atoms with van der Waals surface area (Å²) in [6.07, 6.45) is 9.58. The topological polar surface area (TPSA) is 39.3 Å². The van der Waals surface area contributed by atoms with Crippen LogP contribution in [0.15, 0.2) is 71.8 Å². The SMILES string of the molecule is CC=C1CN2CC[C@]34c5ccccc5N5[C@@H]([C@H]6[C@H]7C[C@H]8N(CC[C@]89c8ccccc8N(C(C)=O)[C@H]69)CC7=CC)OC[C@@H]([C@H]1C[C@H]23)[C@@H]54. The van der Waals surface area contributed by atoms with Crippen LogP contribution in [0.1, 0.15) is 57.6 Å². The molecule has 2 aromatic rings. The fraction of sp³-hybridized carbons (Fsp3) is 0.575. The Hall–Kier alpha value is -2.93. The quantitative estimate of drug-likeness (QED) is 0.398. The van der Waals surface area contributed by atoms with E-state index in [-0.39, 0.29) is 34.9 Å². The van der Waals surface area contributed by atoms with Gasteiger partial charge in [0.05, 0.1) is 12.6 Å². The van der Waals surface area contributed by atoms with Gasteiger partial charge in [-0.1, -0.05) is 59.7 Å². The Balaban J connectivity index is 1.14. The third-order valence-electron chi connectivity index (χ3n) is 15.3. The zero-order chi connectivity index (χ0) is 30.7. The number of carbonyl (C=O) groups is 1. The van der Waals surface area contributed by atoms with Crippen molar-refractivity contribution in [3.05, 3.63) is 83.0 Å². The van der Waals surface area contributed by atoms with Crippen molar-refractivity contribution in [3.63, 3.8) is 0 Å². The lowest BCUT2D eigenvalue weighted by molar-refractivity contribution is -0.129. The summed E-state index contributed by atoms with van der Waals surface area (Å²) in [4.78, 5) is 24.7. The molecular formula is C40H46N4O2. The minimum atomic E-state index is -0.0604. The summed E-state index contributed by atoms with van der Waals surface area (Å²) >= 11 is 0. The molecular weight excluding hydrogens is 568 g/mol. The summed E-state index contributed by atoms with van der Waals surface area (Å²) in [6.45, 7) is 11.6. The molecule has 2 saturated carbocycles. The molecule has 6 nitrogen and oxygen atoms in total. The molecule has 1 amide bonds. The van der Waals surface area contributed by atoms with Gasteiger partial charge in [0.2, 0.25) is 5.91 Å². The molecule has 2 aliphatic carbocycles. The first-order valence-electron chi connectivity index (χ1n) is 18.2. The van der Waals surface area contributed by atoms with Crippen molar-refractivity contribution in [2.45, 2.75) is 87.7 Å². The molecule has 7 heterocycles. The van der Waals surface area contributed by atoms with Gasteiger partial charge in [0.25, 0.3) is 0 Å². The maximum absolute atomic E-state index is 14.0. The molecule has 4 bridgehead atoms. The third-order valence-corrected chi connectivity index (χ3v) is 15.3. The van der Waals surface area contributed by atoms with Crippen LogP contribution in [0.2, 0.25) is 0 Å². The molecule has 9 aliphatic rings. The number of para-hydroxylation sites is 2. The normalized spacial score (nSPS) is 46.0. The Kier molecular flexibility index (Phi) is 5.26. The molecule has 6 heteroatoms. The lowest BCUT2D eigenvalue weighted by Gasteiger charge is -2.63. The highest BCUT2D eigenvalue weighted by molar-refractivity contribution is 5.96. The molecule has 11 atom stereocenters.